The normalized spacial score (nSPS) is 16.4. The van der Waals surface area contributed by atoms with Gasteiger partial charge in [-0.25, -0.2) is 0 Å². The molecule has 2 heterocycles. The molecule has 0 spiro atoms. The zero-order valence-corrected chi connectivity index (χ0v) is 19.8. The number of nitrogens with zero attached hydrogens (tertiary/aromatic N) is 3. The lowest BCUT2D eigenvalue weighted by atomic mass is 9.86. The molecule has 0 unspecified atom stereocenters. The van der Waals surface area contributed by atoms with Gasteiger partial charge in [-0.05, 0) is 40.8 Å². The largest absolute Gasteiger partial charge is 0.482 e. The van der Waals surface area contributed by atoms with Gasteiger partial charge in [0.15, 0.2) is 6.61 Å². The van der Waals surface area contributed by atoms with Crippen molar-refractivity contribution < 1.29 is 19.1 Å². The van der Waals surface area contributed by atoms with E-state index in [-0.39, 0.29) is 29.7 Å². The Balaban J connectivity index is 1.54. The van der Waals surface area contributed by atoms with Crippen LogP contribution in [0.1, 0.15) is 49.2 Å². The van der Waals surface area contributed by atoms with Crippen molar-refractivity contribution in [3.63, 3.8) is 0 Å². The molecule has 2 aromatic carbocycles. The summed E-state index contributed by atoms with van der Waals surface area (Å²) in [6.45, 7) is 10.5. The van der Waals surface area contributed by atoms with Crippen LogP contribution >= 0.6 is 0 Å². The van der Waals surface area contributed by atoms with Crippen molar-refractivity contribution >= 4 is 23.4 Å². The number of carbonyl (C=O) groups excluding carboxylic acids is 3. The number of hydrogen-bond acceptors (Lipinski definition) is 4. The summed E-state index contributed by atoms with van der Waals surface area (Å²) in [6.07, 6.45) is 0. The zero-order chi connectivity index (χ0) is 23.8. The topological polar surface area (TPSA) is 70.2 Å². The predicted molar refractivity (Wildman–Crippen MR) is 126 cm³/mol. The van der Waals surface area contributed by atoms with E-state index >= 15 is 0 Å². The molecule has 1 fully saturated rings. The lowest BCUT2D eigenvalue weighted by Crippen LogP contribution is -2.50. The van der Waals surface area contributed by atoms with E-state index in [0.717, 1.165) is 16.8 Å². The van der Waals surface area contributed by atoms with Crippen LogP contribution in [-0.4, -0.2) is 60.3 Å². The Bertz CT molecular complexity index is 1080. The number of piperazine rings is 1. The van der Waals surface area contributed by atoms with Gasteiger partial charge in [0, 0.05) is 38.7 Å². The molecule has 33 heavy (non-hydrogen) atoms. The number of ether oxygens (including phenoxy) is 1. The first-order valence-electron chi connectivity index (χ1n) is 11.3. The van der Waals surface area contributed by atoms with Gasteiger partial charge in [0.2, 0.25) is 5.91 Å². The van der Waals surface area contributed by atoms with Crippen LogP contribution in [0.15, 0.2) is 42.5 Å². The first-order valence-corrected chi connectivity index (χ1v) is 11.3. The maximum atomic E-state index is 13.1. The third-order valence-corrected chi connectivity index (χ3v) is 6.29. The zero-order valence-electron chi connectivity index (χ0n) is 19.8. The van der Waals surface area contributed by atoms with E-state index in [1.807, 2.05) is 36.4 Å². The molecule has 0 radical (unpaired) electrons. The average molecular weight is 450 g/mol. The van der Waals surface area contributed by atoms with Crippen LogP contribution in [0.3, 0.4) is 0 Å². The highest BCUT2D eigenvalue weighted by Crippen LogP contribution is 2.37. The molecular weight excluding hydrogens is 418 g/mol. The smallest absolute Gasteiger partial charge is 0.265 e. The van der Waals surface area contributed by atoms with Crippen LogP contribution in [0.4, 0.5) is 5.69 Å². The van der Waals surface area contributed by atoms with Crippen LogP contribution in [0, 0.1) is 0 Å². The van der Waals surface area contributed by atoms with Gasteiger partial charge in [0.05, 0.1) is 12.2 Å². The Morgan fingerprint density at radius 2 is 1.67 bits per heavy atom. The molecule has 4 rings (SSSR count). The highest BCUT2D eigenvalue weighted by molar-refractivity contribution is 5.98. The molecular formula is C26H31N3O4. The molecule has 7 heteroatoms. The van der Waals surface area contributed by atoms with Crippen molar-refractivity contribution in [3.05, 3.63) is 59.2 Å². The summed E-state index contributed by atoms with van der Waals surface area (Å²) in [4.78, 5) is 42.7. The molecule has 3 amide bonds. The second-order valence-corrected chi connectivity index (χ2v) is 9.70. The van der Waals surface area contributed by atoms with E-state index in [0.29, 0.717) is 44.0 Å². The Kier molecular flexibility index (Phi) is 6.15. The van der Waals surface area contributed by atoms with Crippen molar-refractivity contribution in [3.8, 4) is 5.75 Å². The van der Waals surface area contributed by atoms with E-state index in [4.69, 9.17) is 4.74 Å². The lowest BCUT2D eigenvalue weighted by molar-refractivity contribution is -0.130. The monoisotopic (exact) mass is 449 g/mol. The molecule has 2 aliphatic rings. The first-order chi connectivity index (χ1) is 15.6. The van der Waals surface area contributed by atoms with Gasteiger partial charge in [0.1, 0.15) is 5.75 Å². The van der Waals surface area contributed by atoms with Crippen LogP contribution < -0.4 is 9.64 Å². The third kappa shape index (κ3) is 4.87. The highest BCUT2D eigenvalue weighted by Gasteiger charge is 2.28. The molecule has 0 aliphatic carbocycles. The van der Waals surface area contributed by atoms with Crippen LogP contribution in [0.5, 0.6) is 5.75 Å². The number of anilines is 1. The number of rotatable bonds is 3. The molecule has 7 nitrogen and oxygen atoms in total. The Morgan fingerprint density at radius 3 is 2.33 bits per heavy atom. The Labute approximate surface area is 194 Å². The summed E-state index contributed by atoms with van der Waals surface area (Å²) in [5, 5.41) is 0. The first kappa shape index (κ1) is 22.8. The number of benzene rings is 2. The van der Waals surface area contributed by atoms with Crippen LogP contribution in [0.2, 0.25) is 0 Å². The van der Waals surface area contributed by atoms with Crippen molar-refractivity contribution in [1.82, 2.24) is 9.80 Å². The predicted octanol–water partition coefficient (Wildman–Crippen LogP) is 3.21. The van der Waals surface area contributed by atoms with Crippen molar-refractivity contribution in [1.29, 1.82) is 0 Å². The quantitative estimate of drug-likeness (QED) is 0.722. The summed E-state index contributed by atoms with van der Waals surface area (Å²) in [6, 6.07) is 13.4. The van der Waals surface area contributed by atoms with Gasteiger partial charge in [-0.1, -0.05) is 39.0 Å². The lowest BCUT2D eigenvalue weighted by Gasteiger charge is -2.34. The van der Waals surface area contributed by atoms with Crippen LogP contribution in [-0.2, 0) is 21.5 Å². The van der Waals surface area contributed by atoms with E-state index in [1.54, 1.807) is 27.7 Å². The molecule has 2 aliphatic heterocycles. The summed E-state index contributed by atoms with van der Waals surface area (Å²) < 4.78 is 5.66. The standard InChI is InChI=1S/C26H31N3O4/c1-18(30)27-10-12-28(13-11-27)25(32)20-7-5-6-19(14-20)16-29-22-15-21(26(2,3)4)8-9-23(22)33-17-24(29)31/h5-9,14-15H,10-13,16-17H2,1-4H3. The second-order valence-electron chi connectivity index (χ2n) is 9.70. The van der Waals surface area contributed by atoms with Crippen LogP contribution in [0.25, 0.3) is 0 Å². The third-order valence-electron chi connectivity index (χ3n) is 6.29. The van der Waals surface area contributed by atoms with Gasteiger partial charge in [-0.3, -0.25) is 14.4 Å². The van der Waals surface area contributed by atoms with Gasteiger partial charge < -0.3 is 19.4 Å². The van der Waals surface area contributed by atoms with E-state index in [2.05, 4.69) is 20.8 Å². The molecule has 0 atom stereocenters. The van der Waals surface area contributed by atoms with Gasteiger partial charge in [-0.2, -0.15) is 0 Å². The average Bonchev–Trinajstić information content (AvgIpc) is 2.80. The number of amides is 3. The van der Waals surface area contributed by atoms with Gasteiger partial charge in [-0.15, -0.1) is 0 Å². The molecule has 1 saturated heterocycles. The van der Waals surface area contributed by atoms with Crippen molar-refractivity contribution in [2.45, 2.75) is 39.7 Å². The highest BCUT2D eigenvalue weighted by atomic mass is 16.5. The molecule has 174 valence electrons. The number of carbonyl (C=O) groups is 3. The van der Waals surface area contributed by atoms with E-state index < -0.39 is 0 Å². The maximum Gasteiger partial charge on any atom is 0.265 e. The SMILES string of the molecule is CC(=O)N1CCN(C(=O)c2cccc(CN3C(=O)COc4ccc(C(C)(C)C)cc43)c2)CC1. The molecule has 0 N–H and O–H groups in total. The summed E-state index contributed by atoms with van der Waals surface area (Å²) in [5.74, 6) is 0.571. The van der Waals surface area contributed by atoms with E-state index in [9.17, 15) is 14.4 Å². The minimum absolute atomic E-state index is 0.000905. The minimum Gasteiger partial charge on any atom is -0.482 e. The summed E-state index contributed by atoms with van der Waals surface area (Å²) >= 11 is 0. The van der Waals surface area contributed by atoms with E-state index in [1.165, 1.54) is 0 Å². The fourth-order valence-corrected chi connectivity index (χ4v) is 4.23. The molecule has 0 saturated carbocycles. The Morgan fingerprint density at radius 1 is 0.970 bits per heavy atom. The minimum atomic E-state index is -0.106. The van der Waals surface area contributed by atoms with Gasteiger partial charge >= 0.3 is 0 Å². The Hall–Kier alpha value is -3.35. The number of fused-ring (bicyclic) bond motifs is 1. The maximum absolute atomic E-state index is 13.1. The van der Waals surface area contributed by atoms with Crippen molar-refractivity contribution in [2.75, 3.05) is 37.7 Å². The molecule has 0 bridgehead atoms. The van der Waals surface area contributed by atoms with Gasteiger partial charge in [0.25, 0.3) is 11.8 Å². The fraction of sp³-hybridized carbons (Fsp3) is 0.423. The fourth-order valence-electron chi connectivity index (χ4n) is 4.23. The summed E-state index contributed by atoms with van der Waals surface area (Å²) in [7, 11) is 0. The molecule has 0 aromatic heterocycles. The second kappa shape index (κ2) is 8.89. The summed E-state index contributed by atoms with van der Waals surface area (Å²) in [5.41, 5.74) is 3.30. The molecule has 2 aromatic rings. The van der Waals surface area contributed by atoms with Crippen molar-refractivity contribution in [2.24, 2.45) is 0 Å². The number of hydrogen-bond donors (Lipinski definition) is 0.